The molecule has 2 aromatic heterocycles. The number of hydrogen-bond acceptors (Lipinski definition) is 4. The molecule has 1 aliphatic heterocycles. The van der Waals surface area contributed by atoms with Gasteiger partial charge < -0.3 is 4.90 Å². The van der Waals surface area contributed by atoms with Crippen LogP contribution in [-0.4, -0.2) is 20.9 Å². The summed E-state index contributed by atoms with van der Waals surface area (Å²) in [6.07, 6.45) is 5.14. The van der Waals surface area contributed by atoms with E-state index in [0.717, 1.165) is 11.1 Å². The van der Waals surface area contributed by atoms with Crippen molar-refractivity contribution >= 4 is 17.5 Å². The Labute approximate surface area is 151 Å². The van der Waals surface area contributed by atoms with Gasteiger partial charge >= 0.3 is 6.03 Å². The van der Waals surface area contributed by atoms with Crippen LogP contribution in [0.2, 0.25) is 0 Å². The Bertz CT molecular complexity index is 996. The first kappa shape index (κ1) is 15.8. The molecule has 0 unspecified atom stereocenters. The lowest BCUT2D eigenvalue weighted by Gasteiger charge is -2.36. The van der Waals surface area contributed by atoms with Crippen LogP contribution in [-0.2, 0) is 13.1 Å². The van der Waals surface area contributed by atoms with Crippen LogP contribution in [0, 0.1) is 11.3 Å². The number of nitriles is 1. The summed E-state index contributed by atoms with van der Waals surface area (Å²) in [7, 11) is 0. The highest BCUT2D eigenvalue weighted by molar-refractivity contribution is 6.00. The molecular formula is C20H15N5O. The van der Waals surface area contributed by atoms with Gasteiger partial charge in [0, 0.05) is 30.7 Å². The van der Waals surface area contributed by atoms with Crippen molar-refractivity contribution in [3.05, 3.63) is 83.8 Å². The predicted molar refractivity (Wildman–Crippen MR) is 96.4 cm³/mol. The number of amides is 2. The molecule has 0 saturated heterocycles. The molecule has 1 aromatic carbocycles. The number of rotatable bonds is 3. The minimum absolute atomic E-state index is 0.171. The van der Waals surface area contributed by atoms with Gasteiger partial charge in [0.25, 0.3) is 0 Å². The fraction of sp³-hybridized carbons (Fsp3) is 0.100. The number of urea groups is 1. The van der Waals surface area contributed by atoms with Crippen molar-refractivity contribution in [1.29, 1.82) is 5.26 Å². The van der Waals surface area contributed by atoms with Crippen LogP contribution >= 0.6 is 0 Å². The Kier molecular flexibility index (Phi) is 4.04. The van der Waals surface area contributed by atoms with Crippen LogP contribution in [0.15, 0.2) is 67.1 Å². The van der Waals surface area contributed by atoms with E-state index in [2.05, 4.69) is 16.0 Å². The topological polar surface area (TPSA) is 73.1 Å². The molecule has 4 rings (SSSR count). The average Bonchev–Trinajstić information content (AvgIpc) is 2.69. The number of carbonyl (C=O) groups is 1. The quantitative estimate of drug-likeness (QED) is 0.729. The number of fused-ring (bicyclic) bond motifs is 1. The molecule has 6 heteroatoms. The number of anilines is 2. The van der Waals surface area contributed by atoms with Crippen molar-refractivity contribution in [2.45, 2.75) is 13.1 Å². The number of nitrogens with zero attached hydrogens (tertiary/aromatic N) is 5. The van der Waals surface area contributed by atoms with E-state index in [-0.39, 0.29) is 6.03 Å². The fourth-order valence-corrected chi connectivity index (χ4v) is 3.04. The van der Waals surface area contributed by atoms with Gasteiger partial charge in [-0.05, 0) is 35.9 Å². The van der Waals surface area contributed by atoms with Gasteiger partial charge in [0.15, 0.2) is 0 Å². The van der Waals surface area contributed by atoms with E-state index in [0.29, 0.717) is 30.2 Å². The highest BCUT2D eigenvalue weighted by Crippen LogP contribution is 2.33. The van der Waals surface area contributed by atoms with E-state index in [1.54, 1.807) is 46.6 Å². The van der Waals surface area contributed by atoms with E-state index in [9.17, 15) is 10.1 Å². The van der Waals surface area contributed by atoms with Gasteiger partial charge in [-0.2, -0.15) is 5.26 Å². The second-order valence-corrected chi connectivity index (χ2v) is 5.98. The molecule has 0 radical (unpaired) electrons. The minimum Gasteiger partial charge on any atom is -0.315 e. The van der Waals surface area contributed by atoms with E-state index in [1.165, 1.54) is 0 Å². The second kappa shape index (κ2) is 6.65. The van der Waals surface area contributed by atoms with E-state index in [4.69, 9.17) is 0 Å². The van der Waals surface area contributed by atoms with Gasteiger partial charge in [0.2, 0.25) is 0 Å². The number of carbonyl (C=O) groups excluding carboxylic acids is 1. The molecule has 6 nitrogen and oxygen atoms in total. The van der Waals surface area contributed by atoms with Gasteiger partial charge in [-0.1, -0.05) is 18.2 Å². The Hall–Kier alpha value is -3.72. The molecule has 0 spiro atoms. The molecule has 0 bridgehead atoms. The van der Waals surface area contributed by atoms with Crippen molar-refractivity contribution in [2.24, 2.45) is 0 Å². The van der Waals surface area contributed by atoms with Gasteiger partial charge in [-0.15, -0.1) is 0 Å². The molecule has 2 amide bonds. The maximum absolute atomic E-state index is 13.2. The summed E-state index contributed by atoms with van der Waals surface area (Å²) in [5.74, 6) is 0.607. The lowest BCUT2D eigenvalue weighted by atomic mass is 10.1. The Morgan fingerprint density at radius 3 is 2.81 bits per heavy atom. The molecule has 0 aliphatic carbocycles. The van der Waals surface area contributed by atoms with E-state index in [1.807, 2.05) is 30.3 Å². The minimum atomic E-state index is -0.171. The first-order valence-electron chi connectivity index (χ1n) is 8.18. The standard InChI is InChI=1S/C20H15N5O/c21-11-15-4-1-7-18(10-15)25-19-17(6-3-9-23-19)14-24(20(25)26)13-16-5-2-8-22-12-16/h1-10,12H,13-14H2. The molecule has 0 N–H and O–H groups in total. The van der Waals surface area contributed by atoms with Crippen LogP contribution in [0.25, 0.3) is 0 Å². The molecule has 1 aliphatic rings. The lowest BCUT2D eigenvalue weighted by molar-refractivity contribution is 0.198. The zero-order valence-corrected chi connectivity index (χ0v) is 13.9. The number of pyridine rings is 2. The predicted octanol–water partition coefficient (Wildman–Crippen LogP) is 3.62. The molecule has 126 valence electrons. The number of benzene rings is 1. The lowest BCUT2D eigenvalue weighted by Crippen LogP contribution is -2.44. The third kappa shape index (κ3) is 2.87. The van der Waals surface area contributed by atoms with Crippen LogP contribution in [0.3, 0.4) is 0 Å². The summed E-state index contributed by atoms with van der Waals surface area (Å²) >= 11 is 0. The normalized spacial score (nSPS) is 13.3. The Balaban J connectivity index is 1.76. The summed E-state index contributed by atoms with van der Waals surface area (Å²) in [6.45, 7) is 0.931. The molecule has 0 saturated carbocycles. The van der Waals surface area contributed by atoms with Crippen molar-refractivity contribution < 1.29 is 4.79 Å². The maximum atomic E-state index is 13.2. The molecule has 0 fully saturated rings. The number of aromatic nitrogens is 2. The zero-order valence-electron chi connectivity index (χ0n) is 13.9. The number of hydrogen-bond donors (Lipinski definition) is 0. The summed E-state index contributed by atoms with van der Waals surface area (Å²) in [5.41, 5.74) is 3.04. The molecule has 0 atom stereocenters. The van der Waals surface area contributed by atoms with E-state index >= 15 is 0 Å². The highest BCUT2D eigenvalue weighted by Gasteiger charge is 2.32. The highest BCUT2D eigenvalue weighted by atomic mass is 16.2. The monoisotopic (exact) mass is 341 g/mol. The summed E-state index contributed by atoms with van der Waals surface area (Å²) in [5, 5.41) is 9.18. The van der Waals surface area contributed by atoms with Gasteiger partial charge in [-0.3, -0.25) is 4.98 Å². The van der Waals surface area contributed by atoms with Crippen molar-refractivity contribution in [3.63, 3.8) is 0 Å². The first-order valence-corrected chi connectivity index (χ1v) is 8.18. The van der Waals surface area contributed by atoms with Crippen molar-refractivity contribution in [2.75, 3.05) is 4.90 Å². The smallest absolute Gasteiger partial charge is 0.315 e. The summed E-state index contributed by atoms with van der Waals surface area (Å²) in [6, 6.07) is 16.6. The Morgan fingerprint density at radius 1 is 1.12 bits per heavy atom. The zero-order chi connectivity index (χ0) is 17.9. The van der Waals surface area contributed by atoms with Crippen molar-refractivity contribution in [3.8, 4) is 6.07 Å². The average molecular weight is 341 g/mol. The summed E-state index contributed by atoms with van der Waals surface area (Å²) in [4.78, 5) is 25.0. The van der Waals surface area contributed by atoms with Gasteiger partial charge in [0.1, 0.15) is 5.82 Å². The van der Waals surface area contributed by atoms with Gasteiger partial charge in [0.05, 0.1) is 23.9 Å². The fourth-order valence-electron chi connectivity index (χ4n) is 3.04. The van der Waals surface area contributed by atoms with Crippen molar-refractivity contribution in [1.82, 2.24) is 14.9 Å². The first-order chi connectivity index (χ1) is 12.8. The Morgan fingerprint density at radius 2 is 2.00 bits per heavy atom. The van der Waals surface area contributed by atoms with Crippen LogP contribution in [0.1, 0.15) is 16.7 Å². The molecule has 3 heterocycles. The third-order valence-electron chi connectivity index (χ3n) is 4.23. The van der Waals surface area contributed by atoms with Crippen LogP contribution in [0.5, 0.6) is 0 Å². The summed E-state index contributed by atoms with van der Waals surface area (Å²) < 4.78 is 0. The second-order valence-electron chi connectivity index (χ2n) is 5.98. The van der Waals surface area contributed by atoms with E-state index < -0.39 is 0 Å². The third-order valence-corrected chi connectivity index (χ3v) is 4.23. The largest absolute Gasteiger partial charge is 0.330 e. The SMILES string of the molecule is N#Cc1cccc(N2C(=O)N(Cc3cccnc3)Cc3cccnc32)c1. The maximum Gasteiger partial charge on any atom is 0.330 e. The molecule has 3 aromatic rings. The van der Waals surface area contributed by atoms with Gasteiger partial charge in [-0.25, -0.2) is 14.7 Å². The van der Waals surface area contributed by atoms with Crippen LogP contribution < -0.4 is 4.90 Å². The van der Waals surface area contributed by atoms with Crippen LogP contribution in [0.4, 0.5) is 16.3 Å². The molecular weight excluding hydrogens is 326 g/mol. The molecule has 26 heavy (non-hydrogen) atoms.